The van der Waals surface area contributed by atoms with Crippen LogP contribution in [0.25, 0.3) is 11.1 Å². The number of aliphatic carboxylic acids is 1. The maximum atomic E-state index is 11.4. The minimum absolute atomic E-state index is 0.345. The zero-order valence-corrected chi connectivity index (χ0v) is 12.8. The van der Waals surface area contributed by atoms with Gasteiger partial charge in [-0.05, 0) is 41.7 Å². The second kappa shape index (κ2) is 7.89. The highest BCUT2D eigenvalue weighted by molar-refractivity contribution is 7.80. The standard InChI is InChI=1S/C18H20O2S/c19-18(20)16(10-6-12-21)13-15-9-4-5-11-17(15)14-7-2-1-3-8-14/h1-5,7-9,11,16,21H,6,10,12-13H2,(H,19,20). The zero-order valence-electron chi connectivity index (χ0n) is 11.9. The van der Waals surface area contributed by atoms with Crippen LogP contribution in [-0.4, -0.2) is 16.8 Å². The lowest BCUT2D eigenvalue weighted by Gasteiger charge is -2.15. The summed E-state index contributed by atoms with van der Waals surface area (Å²) in [6, 6.07) is 18.2. The van der Waals surface area contributed by atoms with Gasteiger partial charge in [0.05, 0.1) is 5.92 Å². The van der Waals surface area contributed by atoms with E-state index in [1.807, 2.05) is 36.4 Å². The molecule has 0 spiro atoms. The normalized spacial score (nSPS) is 12.0. The molecule has 0 aliphatic carbocycles. The molecule has 2 aromatic rings. The third-order valence-corrected chi connectivity index (χ3v) is 3.94. The number of carboxylic acid groups (broad SMARTS) is 1. The molecule has 2 rings (SSSR count). The van der Waals surface area contributed by atoms with E-state index in [2.05, 4.69) is 30.8 Å². The number of carboxylic acids is 1. The van der Waals surface area contributed by atoms with E-state index in [-0.39, 0.29) is 5.92 Å². The van der Waals surface area contributed by atoms with Gasteiger partial charge in [-0.2, -0.15) is 12.6 Å². The molecule has 1 unspecified atom stereocenters. The highest BCUT2D eigenvalue weighted by Crippen LogP contribution is 2.26. The molecule has 0 heterocycles. The summed E-state index contributed by atoms with van der Waals surface area (Å²) in [5, 5.41) is 9.40. The van der Waals surface area contributed by atoms with E-state index in [9.17, 15) is 9.90 Å². The first-order valence-electron chi connectivity index (χ1n) is 7.19. The lowest BCUT2D eigenvalue weighted by Crippen LogP contribution is -2.17. The molecule has 0 aliphatic rings. The number of rotatable bonds is 7. The Kier molecular flexibility index (Phi) is 5.88. The number of thiol groups is 1. The molecule has 0 aromatic heterocycles. The summed E-state index contributed by atoms with van der Waals surface area (Å²) < 4.78 is 0. The number of benzene rings is 2. The first-order valence-corrected chi connectivity index (χ1v) is 7.82. The maximum absolute atomic E-state index is 11.4. The summed E-state index contributed by atoms with van der Waals surface area (Å²) in [5.41, 5.74) is 3.34. The highest BCUT2D eigenvalue weighted by Gasteiger charge is 2.19. The second-order valence-electron chi connectivity index (χ2n) is 5.13. The van der Waals surface area contributed by atoms with Gasteiger partial charge in [0.25, 0.3) is 0 Å². The van der Waals surface area contributed by atoms with Crippen LogP contribution in [-0.2, 0) is 11.2 Å². The Balaban J connectivity index is 2.25. The molecule has 110 valence electrons. The van der Waals surface area contributed by atoms with Gasteiger partial charge in [-0.3, -0.25) is 4.79 Å². The Hall–Kier alpha value is -1.74. The highest BCUT2D eigenvalue weighted by atomic mass is 32.1. The largest absolute Gasteiger partial charge is 0.481 e. The molecule has 0 radical (unpaired) electrons. The van der Waals surface area contributed by atoms with Gasteiger partial charge in [-0.1, -0.05) is 54.6 Å². The van der Waals surface area contributed by atoms with Crippen LogP contribution in [0.2, 0.25) is 0 Å². The number of hydrogen-bond donors (Lipinski definition) is 2. The molecular weight excluding hydrogens is 280 g/mol. The van der Waals surface area contributed by atoms with Crippen molar-refractivity contribution in [3.05, 3.63) is 60.2 Å². The predicted molar refractivity (Wildman–Crippen MR) is 89.8 cm³/mol. The number of hydrogen-bond acceptors (Lipinski definition) is 2. The van der Waals surface area contributed by atoms with Crippen molar-refractivity contribution in [1.82, 2.24) is 0 Å². The molecule has 0 saturated carbocycles. The SMILES string of the molecule is O=C(O)C(CCCS)Cc1ccccc1-c1ccccc1. The van der Waals surface area contributed by atoms with E-state index < -0.39 is 5.97 Å². The second-order valence-corrected chi connectivity index (χ2v) is 5.58. The van der Waals surface area contributed by atoms with Gasteiger partial charge in [0.2, 0.25) is 0 Å². The third-order valence-electron chi connectivity index (χ3n) is 3.63. The molecule has 21 heavy (non-hydrogen) atoms. The van der Waals surface area contributed by atoms with Crippen molar-refractivity contribution in [2.75, 3.05) is 5.75 Å². The molecule has 0 fully saturated rings. The van der Waals surface area contributed by atoms with Crippen LogP contribution in [0, 0.1) is 5.92 Å². The van der Waals surface area contributed by atoms with E-state index in [4.69, 9.17) is 0 Å². The molecule has 2 aromatic carbocycles. The van der Waals surface area contributed by atoms with Crippen LogP contribution < -0.4 is 0 Å². The average Bonchev–Trinajstić information content (AvgIpc) is 2.52. The topological polar surface area (TPSA) is 37.3 Å². The maximum Gasteiger partial charge on any atom is 0.306 e. The molecule has 0 aliphatic heterocycles. The molecule has 1 atom stereocenters. The molecule has 0 saturated heterocycles. The van der Waals surface area contributed by atoms with Crippen molar-refractivity contribution in [2.24, 2.45) is 5.92 Å². The smallest absolute Gasteiger partial charge is 0.306 e. The Morgan fingerprint density at radius 2 is 1.71 bits per heavy atom. The molecule has 1 N–H and O–H groups in total. The van der Waals surface area contributed by atoms with E-state index in [0.717, 1.165) is 28.9 Å². The minimum Gasteiger partial charge on any atom is -0.481 e. The van der Waals surface area contributed by atoms with Crippen molar-refractivity contribution in [2.45, 2.75) is 19.3 Å². The fraction of sp³-hybridized carbons (Fsp3) is 0.278. The molecular formula is C18H20O2S. The fourth-order valence-corrected chi connectivity index (χ4v) is 2.70. The summed E-state index contributed by atoms with van der Waals surface area (Å²) >= 11 is 4.17. The van der Waals surface area contributed by atoms with E-state index >= 15 is 0 Å². The Bertz CT molecular complexity index is 581. The van der Waals surface area contributed by atoms with Gasteiger partial charge in [-0.15, -0.1) is 0 Å². The van der Waals surface area contributed by atoms with Crippen LogP contribution in [0.4, 0.5) is 0 Å². The Labute approximate surface area is 131 Å². The molecule has 3 heteroatoms. The summed E-state index contributed by atoms with van der Waals surface area (Å²) in [4.78, 5) is 11.4. The molecule has 0 amide bonds. The van der Waals surface area contributed by atoms with E-state index in [0.29, 0.717) is 12.8 Å². The summed E-state index contributed by atoms with van der Waals surface area (Å²) in [5.74, 6) is -0.342. The van der Waals surface area contributed by atoms with Crippen molar-refractivity contribution in [1.29, 1.82) is 0 Å². The lowest BCUT2D eigenvalue weighted by atomic mass is 9.90. The van der Waals surface area contributed by atoms with Gasteiger partial charge in [0.15, 0.2) is 0 Å². The Morgan fingerprint density at radius 3 is 2.38 bits per heavy atom. The average molecular weight is 300 g/mol. The van der Waals surface area contributed by atoms with Crippen LogP contribution in [0.15, 0.2) is 54.6 Å². The van der Waals surface area contributed by atoms with E-state index in [1.54, 1.807) is 0 Å². The van der Waals surface area contributed by atoms with Crippen molar-refractivity contribution in [3.8, 4) is 11.1 Å². The van der Waals surface area contributed by atoms with Crippen LogP contribution in [0.1, 0.15) is 18.4 Å². The van der Waals surface area contributed by atoms with Crippen molar-refractivity contribution in [3.63, 3.8) is 0 Å². The van der Waals surface area contributed by atoms with Gasteiger partial charge < -0.3 is 5.11 Å². The predicted octanol–water partition coefficient (Wildman–Crippen LogP) is 4.31. The zero-order chi connectivity index (χ0) is 15.1. The summed E-state index contributed by atoms with van der Waals surface area (Å²) in [6.07, 6.45) is 2.06. The van der Waals surface area contributed by atoms with Crippen LogP contribution >= 0.6 is 12.6 Å². The fourth-order valence-electron chi connectivity index (χ4n) is 2.51. The van der Waals surface area contributed by atoms with Gasteiger partial charge in [0.1, 0.15) is 0 Å². The van der Waals surface area contributed by atoms with Crippen LogP contribution in [0.5, 0.6) is 0 Å². The first-order chi connectivity index (χ1) is 10.2. The molecule has 2 nitrogen and oxygen atoms in total. The number of carbonyl (C=O) groups is 1. The van der Waals surface area contributed by atoms with Gasteiger partial charge >= 0.3 is 5.97 Å². The summed E-state index contributed by atoms with van der Waals surface area (Å²) in [7, 11) is 0. The third kappa shape index (κ3) is 4.36. The van der Waals surface area contributed by atoms with Gasteiger partial charge in [-0.25, -0.2) is 0 Å². The molecule has 0 bridgehead atoms. The van der Waals surface area contributed by atoms with Crippen LogP contribution in [0.3, 0.4) is 0 Å². The van der Waals surface area contributed by atoms with E-state index in [1.165, 1.54) is 0 Å². The first kappa shape index (κ1) is 15.6. The Morgan fingerprint density at radius 1 is 1.05 bits per heavy atom. The quantitative estimate of drug-likeness (QED) is 0.748. The minimum atomic E-state index is -0.723. The lowest BCUT2D eigenvalue weighted by molar-refractivity contribution is -0.141. The summed E-state index contributed by atoms with van der Waals surface area (Å²) in [6.45, 7) is 0. The van der Waals surface area contributed by atoms with Gasteiger partial charge in [0, 0.05) is 0 Å². The monoisotopic (exact) mass is 300 g/mol. The van der Waals surface area contributed by atoms with Crippen molar-refractivity contribution >= 4 is 18.6 Å². The van der Waals surface area contributed by atoms with Crippen molar-refractivity contribution < 1.29 is 9.90 Å².